The lowest BCUT2D eigenvalue weighted by Crippen LogP contribution is -2.60. The minimum Gasteiger partial charge on any atom is -0.508 e. The van der Waals surface area contributed by atoms with Crippen molar-refractivity contribution in [2.75, 3.05) is 44.4 Å². The van der Waals surface area contributed by atoms with Crippen molar-refractivity contribution in [3.8, 4) is 41.0 Å². The van der Waals surface area contributed by atoms with Crippen LogP contribution in [0.25, 0.3) is 32.8 Å². The molecule has 6 heterocycles. The van der Waals surface area contributed by atoms with Crippen LogP contribution in [0.1, 0.15) is 37.7 Å². The summed E-state index contributed by atoms with van der Waals surface area (Å²) in [6, 6.07) is 8.39. The number of terminal acetylenes is 1. The molecule has 0 radical (unpaired) electrons. The number of hydrogen-bond acceptors (Lipinski definition) is 9. The van der Waals surface area contributed by atoms with Gasteiger partial charge in [-0.2, -0.15) is 9.97 Å². The van der Waals surface area contributed by atoms with E-state index >= 15 is 8.78 Å². The topological polar surface area (TPSA) is 92.2 Å². The number of nitrogens with zero attached hydrogens (tertiary/aromatic N) is 4. The Bertz CT molecular complexity index is 2060. The monoisotopic (exact) mass is 651 g/mol. The van der Waals surface area contributed by atoms with Crippen LogP contribution in [0.5, 0.6) is 17.5 Å². The normalized spacial score (nSPS) is 27.9. The molecule has 4 bridgehead atoms. The second kappa shape index (κ2) is 10.4. The van der Waals surface area contributed by atoms with Crippen molar-refractivity contribution in [3.05, 3.63) is 47.5 Å². The maximum Gasteiger partial charge on any atom is 0.319 e. The number of morpholine rings is 1. The van der Waals surface area contributed by atoms with Gasteiger partial charge in [-0.3, -0.25) is 4.90 Å². The van der Waals surface area contributed by atoms with Crippen LogP contribution in [-0.2, 0) is 4.74 Å². The minimum atomic E-state index is -0.643. The van der Waals surface area contributed by atoms with Crippen molar-refractivity contribution in [2.24, 2.45) is 5.41 Å². The van der Waals surface area contributed by atoms with E-state index in [9.17, 15) is 5.11 Å². The first-order valence-electron chi connectivity index (χ1n) is 17.0. The van der Waals surface area contributed by atoms with Gasteiger partial charge < -0.3 is 29.5 Å². The van der Waals surface area contributed by atoms with E-state index in [4.69, 9.17) is 30.6 Å². The molecule has 3 aromatic carbocycles. The van der Waals surface area contributed by atoms with Crippen molar-refractivity contribution in [1.29, 1.82) is 0 Å². The summed E-state index contributed by atoms with van der Waals surface area (Å²) in [7, 11) is 0. The summed E-state index contributed by atoms with van der Waals surface area (Å²) in [5, 5.41) is 15.7. The number of ether oxygens (including phenoxy) is 3. The Balaban J connectivity index is 1.11. The van der Waals surface area contributed by atoms with Gasteiger partial charge in [0, 0.05) is 54.1 Å². The lowest BCUT2D eigenvalue weighted by Gasteiger charge is -2.40. The molecule has 48 heavy (non-hydrogen) atoms. The first-order valence-corrected chi connectivity index (χ1v) is 17.0. The molecule has 6 aliphatic rings. The highest BCUT2D eigenvalue weighted by atomic mass is 19.1. The van der Waals surface area contributed by atoms with Gasteiger partial charge in [0.15, 0.2) is 5.82 Å². The molecule has 1 aromatic heterocycles. The number of likely N-dealkylation sites (tertiary alicyclic amines) is 1. The van der Waals surface area contributed by atoms with E-state index in [1.165, 1.54) is 24.3 Å². The molecule has 9 nitrogen and oxygen atoms in total. The number of phenolic OH excluding ortho intramolecular Hbond substituents is 1. The van der Waals surface area contributed by atoms with Crippen LogP contribution in [0.15, 0.2) is 30.3 Å². The minimum absolute atomic E-state index is 0.00655. The molecular weight excluding hydrogens is 616 g/mol. The number of nitrogens with one attached hydrogen (secondary N) is 1. The SMILES string of the molecule is C#Cc1c(F)ccc2cc(O)cc(-c3cc4c5c(nc(OCC6(CN7C[C@H]8C[C@@H]7CO8)CC6)nc5c3F)N3C[C@H]5CC[C@H](N5)[C@H]3CO4)c12. The summed E-state index contributed by atoms with van der Waals surface area (Å²) < 4.78 is 50.9. The highest BCUT2D eigenvalue weighted by Crippen LogP contribution is 2.49. The lowest BCUT2D eigenvalue weighted by molar-refractivity contribution is 0.0176. The van der Waals surface area contributed by atoms with Gasteiger partial charge in [-0.05, 0) is 67.3 Å². The van der Waals surface area contributed by atoms with Gasteiger partial charge >= 0.3 is 6.01 Å². The van der Waals surface area contributed by atoms with Gasteiger partial charge in [-0.15, -0.1) is 6.42 Å². The highest BCUT2D eigenvalue weighted by Gasteiger charge is 2.50. The molecular formula is C37H35F2N5O4. The molecule has 1 aliphatic carbocycles. The first kappa shape index (κ1) is 28.7. The predicted octanol–water partition coefficient (Wildman–Crippen LogP) is 4.75. The fraction of sp³-hybridized carbons (Fsp3) is 0.459. The van der Waals surface area contributed by atoms with Gasteiger partial charge in [-0.25, -0.2) is 8.78 Å². The Kier molecular flexibility index (Phi) is 6.22. The van der Waals surface area contributed by atoms with Gasteiger partial charge in [0.05, 0.1) is 36.3 Å². The maximum absolute atomic E-state index is 17.1. The molecule has 1 saturated carbocycles. The largest absolute Gasteiger partial charge is 0.508 e. The van der Waals surface area contributed by atoms with Crippen LogP contribution in [0.3, 0.4) is 0 Å². The Morgan fingerprint density at radius 1 is 1.08 bits per heavy atom. The summed E-state index contributed by atoms with van der Waals surface area (Å²) in [5.74, 6) is 2.12. The molecule has 5 atom stereocenters. The van der Waals surface area contributed by atoms with E-state index in [1.54, 1.807) is 6.07 Å². The summed E-state index contributed by atoms with van der Waals surface area (Å²) in [5.41, 5.74) is 0.415. The second-order valence-electron chi connectivity index (χ2n) is 14.6. The van der Waals surface area contributed by atoms with Crippen LogP contribution < -0.4 is 19.7 Å². The van der Waals surface area contributed by atoms with E-state index in [1.807, 2.05) is 0 Å². The number of piperazine rings is 1. The zero-order valence-corrected chi connectivity index (χ0v) is 26.3. The Labute approximate surface area is 276 Å². The standard InChI is InChI=1S/C37H35F2N5O4/c1-2-24-27(38)5-3-19-9-22(45)11-25(31(19)24)26-12-30-32-34(33(26)39)41-36(42-35(32)44-13-20-4-6-28(40-20)29(44)16-47-30)48-18-37(7-8-37)17-43-14-23-10-21(43)15-46-23/h1,3,5,9,11-12,20-21,23,28-29,40,45H,4,6-8,10,13-18H2/t20-,21-,23-,28+,29-/m1/s1. The predicted molar refractivity (Wildman–Crippen MR) is 175 cm³/mol. The number of rotatable bonds is 6. The van der Waals surface area contributed by atoms with E-state index in [2.05, 4.69) is 21.0 Å². The fourth-order valence-corrected chi connectivity index (χ4v) is 8.93. The molecule has 0 unspecified atom stereocenters. The molecule has 0 amide bonds. The van der Waals surface area contributed by atoms with Crippen molar-refractivity contribution >= 4 is 27.5 Å². The zero-order valence-electron chi connectivity index (χ0n) is 26.3. The smallest absolute Gasteiger partial charge is 0.319 e. The van der Waals surface area contributed by atoms with Crippen molar-refractivity contribution < 1.29 is 28.1 Å². The van der Waals surface area contributed by atoms with Gasteiger partial charge in [0.25, 0.3) is 0 Å². The van der Waals surface area contributed by atoms with Crippen molar-refractivity contribution in [2.45, 2.75) is 62.4 Å². The van der Waals surface area contributed by atoms with E-state index < -0.39 is 11.6 Å². The molecule has 10 rings (SSSR count). The maximum atomic E-state index is 17.1. The van der Waals surface area contributed by atoms with Crippen LogP contribution in [0.4, 0.5) is 14.6 Å². The fourth-order valence-electron chi connectivity index (χ4n) is 8.93. The number of benzene rings is 3. The van der Waals surface area contributed by atoms with Gasteiger partial charge in [-0.1, -0.05) is 12.0 Å². The molecule has 5 aliphatic heterocycles. The summed E-state index contributed by atoms with van der Waals surface area (Å²) in [6.07, 6.45) is 11.4. The molecule has 246 valence electrons. The molecule has 5 fully saturated rings. The molecule has 2 N–H and O–H groups in total. The van der Waals surface area contributed by atoms with Crippen LogP contribution in [0.2, 0.25) is 0 Å². The third kappa shape index (κ3) is 4.39. The summed E-state index contributed by atoms with van der Waals surface area (Å²) in [6.45, 7) is 4.22. The Hall–Kier alpha value is -4.24. The molecule has 11 heteroatoms. The average molecular weight is 652 g/mol. The molecule has 4 saturated heterocycles. The first-order chi connectivity index (χ1) is 23.4. The van der Waals surface area contributed by atoms with Crippen LogP contribution in [-0.4, -0.2) is 89.7 Å². The van der Waals surface area contributed by atoms with E-state index in [-0.39, 0.29) is 51.5 Å². The number of phenols is 1. The van der Waals surface area contributed by atoms with Crippen molar-refractivity contribution in [1.82, 2.24) is 20.2 Å². The Morgan fingerprint density at radius 3 is 2.77 bits per heavy atom. The zero-order chi connectivity index (χ0) is 32.3. The van der Waals surface area contributed by atoms with Crippen LogP contribution >= 0.6 is 0 Å². The third-order valence-corrected chi connectivity index (χ3v) is 11.6. The summed E-state index contributed by atoms with van der Waals surface area (Å²) >= 11 is 0. The number of hydrogen-bond donors (Lipinski definition) is 2. The number of anilines is 1. The van der Waals surface area contributed by atoms with E-state index in [0.717, 1.165) is 51.8 Å². The number of aromatic hydroxyl groups is 1. The van der Waals surface area contributed by atoms with Crippen LogP contribution in [0, 0.1) is 29.4 Å². The third-order valence-electron chi connectivity index (χ3n) is 11.6. The second-order valence-corrected chi connectivity index (χ2v) is 14.6. The van der Waals surface area contributed by atoms with E-state index in [0.29, 0.717) is 65.7 Å². The molecule has 0 spiro atoms. The summed E-state index contributed by atoms with van der Waals surface area (Å²) in [4.78, 5) is 14.5. The quantitative estimate of drug-likeness (QED) is 0.287. The number of fused-ring (bicyclic) bond motifs is 8. The number of aromatic nitrogens is 2. The highest BCUT2D eigenvalue weighted by molar-refractivity contribution is 6.06. The molecule has 4 aromatic rings. The van der Waals surface area contributed by atoms with Gasteiger partial charge in [0.2, 0.25) is 0 Å². The number of halogens is 2. The Morgan fingerprint density at radius 2 is 1.98 bits per heavy atom. The van der Waals surface area contributed by atoms with Crippen molar-refractivity contribution in [3.63, 3.8) is 0 Å². The van der Waals surface area contributed by atoms with Gasteiger partial charge in [0.1, 0.15) is 35.3 Å². The lowest BCUT2D eigenvalue weighted by atomic mass is 9.92. The average Bonchev–Trinajstić information content (AvgIpc) is 3.35.